The van der Waals surface area contributed by atoms with Crippen molar-refractivity contribution in [2.45, 2.75) is 70.0 Å². The van der Waals surface area contributed by atoms with E-state index in [0.29, 0.717) is 24.5 Å². The molecule has 1 saturated carbocycles. The van der Waals surface area contributed by atoms with Crippen LogP contribution in [0.4, 0.5) is 0 Å². The Hall–Kier alpha value is -2.80. The number of rotatable bonds is 6. The molecule has 1 unspecified atom stereocenters. The van der Waals surface area contributed by atoms with Gasteiger partial charge in [0.25, 0.3) is 5.91 Å². The van der Waals surface area contributed by atoms with Crippen molar-refractivity contribution in [3.63, 3.8) is 0 Å². The Morgan fingerprint density at radius 3 is 2.61 bits per heavy atom. The van der Waals surface area contributed by atoms with Crippen molar-refractivity contribution in [1.82, 2.24) is 14.8 Å². The minimum Gasteiger partial charge on any atom is -0.463 e. The van der Waals surface area contributed by atoms with E-state index in [2.05, 4.69) is 11.4 Å². The second-order valence-electron chi connectivity index (χ2n) is 9.39. The van der Waals surface area contributed by atoms with Gasteiger partial charge in [-0.3, -0.25) is 9.59 Å². The summed E-state index contributed by atoms with van der Waals surface area (Å²) < 4.78 is 7.58. The third-order valence-corrected chi connectivity index (χ3v) is 8.06. The summed E-state index contributed by atoms with van der Waals surface area (Å²) in [4.78, 5) is 30.5. The highest BCUT2D eigenvalue weighted by Crippen LogP contribution is 2.34. The lowest BCUT2D eigenvalue weighted by atomic mass is 9.93. The molecule has 1 N–H and O–H groups in total. The maximum atomic E-state index is 13.8. The number of nitrogens with one attached hydrogen (secondary N) is 1. The number of hydrogen-bond donors (Lipinski definition) is 1. The minimum absolute atomic E-state index is 0.0568. The summed E-state index contributed by atoms with van der Waals surface area (Å²) in [5, 5.41) is 5.37. The molecular weight excluding hydrogens is 434 g/mol. The van der Waals surface area contributed by atoms with Gasteiger partial charge in [-0.05, 0) is 61.9 Å². The fourth-order valence-corrected chi connectivity index (χ4v) is 5.90. The summed E-state index contributed by atoms with van der Waals surface area (Å²) in [6.07, 6.45) is 9.14. The monoisotopic (exact) mass is 465 g/mol. The Labute approximate surface area is 198 Å². The van der Waals surface area contributed by atoms with Gasteiger partial charge in [-0.1, -0.05) is 31.7 Å². The molecule has 174 valence electrons. The molecule has 1 atom stereocenters. The molecule has 1 fully saturated rings. The zero-order chi connectivity index (χ0) is 22.8. The van der Waals surface area contributed by atoms with Crippen molar-refractivity contribution in [3.05, 3.63) is 58.6 Å². The fourth-order valence-electron chi connectivity index (χ4n) is 5.20. The van der Waals surface area contributed by atoms with Crippen LogP contribution in [-0.4, -0.2) is 39.4 Å². The van der Waals surface area contributed by atoms with Crippen molar-refractivity contribution in [1.29, 1.82) is 0 Å². The number of thiophene rings is 1. The third-order valence-electron chi connectivity index (χ3n) is 7.12. The molecule has 0 radical (unpaired) electrons. The van der Waals surface area contributed by atoms with E-state index in [9.17, 15) is 9.59 Å². The summed E-state index contributed by atoms with van der Waals surface area (Å²) in [6, 6.07) is 11.8. The first-order chi connectivity index (χ1) is 16.1. The molecule has 4 heterocycles. The van der Waals surface area contributed by atoms with Gasteiger partial charge < -0.3 is 19.2 Å². The van der Waals surface area contributed by atoms with Crippen LogP contribution in [0.3, 0.4) is 0 Å². The number of hydrogen-bond acceptors (Lipinski definition) is 4. The average molecular weight is 466 g/mol. The maximum absolute atomic E-state index is 13.8. The highest BCUT2D eigenvalue weighted by molar-refractivity contribution is 7.09. The van der Waals surface area contributed by atoms with Crippen LogP contribution in [0.1, 0.15) is 60.8 Å². The summed E-state index contributed by atoms with van der Waals surface area (Å²) in [7, 11) is 0. The van der Waals surface area contributed by atoms with E-state index >= 15 is 0 Å². The van der Waals surface area contributed by atoms with E-state index in [4.69, 9.17) is 4.42 Å². The van der Waals surface area contributed by atoms with Gasteiger partial charge in [0.05, 0.1) is 18.5 Å². The van der Waals surface area contributed by atoms with Crippen molar-refractivity contribution < 1.29 is 14.0 Å². The predicted octanol–water partition coefficient (Wildman–Crippen LogP) is 5.11. The molecule has 0 aromatic carbocycles. The molecule has 6 nitrogen and oxygen atoms in total. The quantitative estimate of drug-likeness (QED) is 0.515. The zero-order valence-corrected chi connectivity index (χ0v) is 19.9. The van der Waals surface area contributed by atoms with E-state index < -0.39 is 5.54 Å². The number of nitrogens with zero attached hydrogens (tertiary/aromatic N) is 2. The topological polar surface area (TPSA) is 67.5 Å². The highest BCUT2D eigenvalue weighted by atomic mass is 32.1. The van der Waals surface area contributed by atoms with Gasteiger partial charge in [0, 0.05) is 17.5 Å². The Morgan fingerprint density at radius 1 is 1.12 bits per heavy atom. The lowest BCUT2D eigenvalue weighted by Crippen LogP contribution is -2.65. The number of amides is 2. The van der Waals surface area contributed by atoms with Crippen molar-refractivity contribution in [3.8, 4) is 11.5 Å². The molecule has 0 spiro atoms. The molecule has 1 aliphatic heterocycles. The fraction of sp³-hybridized carbons (Fsp3) is 0.462. The summed E-state index contributed by atoms with van der Waals surface area (Å²) >= 11 is 1.68. The molecule has 33 heavy (non-hydrogen) atoms. The predicted molar refractivity (Wildman–Crippen MR) is 129 cm³/mol. The summed E-state index contributed by atoms with van der Waals surface area (Å²) in [5.74, 6) is 0.542. The van der Waals surface area contributed by atoms with Gasteiger partial charge in [0.2, 0.25) is 5.91 Å². The van der Waals surface area contributed by atoms with E-state index in [0.717, 1.165) is 37.8 Å². The van der Waals surface area contributed by atoms with Crippen molar-refractivity contribution >= 4 is 23.2 Å². The number of fused-ring (bicyclic) bond motifs is 1. The van der Waals surface area contributed by atoms with E-state index in [1.165, 1.54) is 17.7 Å². The molecular formula is C26H31N3O3S. The highest BCUT2D eigenvalue weighted by Gasteiger charge is 2.48. The van der Waals surface area contributed by atoms with Crippen LogP contribution in [0.2, 0.25) is 0 Å². The maximum Gasteiger partial charge on any atom is 0.271 e. The van der Waals surface area contributed by atoms with E-state index in [1.807, 2.05) is 47.2 Å². The van der Waals surface area contributed by atoms with Gasteiger partial charge in [-0.2, -0.15) is 0 Å². The van der Waals surface area contributed by atoms with Gasteiger partial charge in [-0.15, -0.1) is 11.3 Å². The Kier molecular flexibility index (Phi) is 6.15. The molecule has 7 heteroatoms. The number of aromatic nitrogens is 1. The normalized spacial score (nSPS) is 21.6. The molecule has 0 saturated heterocycles. The van der Waals surface area contributed by atoms with Crippen LogP contribution < -0.4 is 5.32 Å². The van der Waals surface area contributed by atoms with Gasteiger partial charge >= 0.3 is 0 Å². The molecule has 3 aromatic heterocycles. The van der Waals surface area contributed by atoms with E-state index in [-0.39, 0.29) is 17.9 Å². The molecule has 0 bridgehead atoms. The molecule has 3 aromatic rings. The molecule has 1 aliphatic carbocycles. The van der Waals surface area contributed by atoms with Gasteiger partial charge in [-0.25, -0.2) is 0 Å². The van der Waals surface area contributed by atoms with Crippen molar-refractivity contribution in [2.75, 3.05) is 6.54 Å². The number of carbonyl (C=O) groups excluding carboxylic acids is 2. The molecule has 2 amide bonds. The van der Waals surface area contributed by atoms with Crippen LogP contribution in [0.5, 0.6) is 0 Å². The minimum atomic E-state index is -0.978. The first-order valence-corrected chi connectivity index (χ1v) is 12.8. The zero-order valence-electron chi connectivity index (χ0n) is 19.1. The number of furan rings is 1. The lowest BCUT2D eigenvalue weighted by molar-refractivity contribution is -0.133. The lowest BCUT2D eigenvalue weighted by Gasteiger charge is -2.45. The largest absolute Gasteiger partial charge is 0.463 e. The second-order valence-corrected chi connectivity index (χ2v) is 10.4. The first-order valence-electron chi connectivity index (χ1n) is 11.9. The van der Waals surface area contributed by atoms with Gasteiger partial charge in [0.1, 0.15) is 17.0 Å². The van der Waals surface area contributed by atoms with Gasteiger partial charge in [0.15, 0.2) is 0 Å². The van der Waals surface area contributed by atoms with Crippen LogP contribution >= 0.6 is 11.3 Å². The Bertz CT molecular complexity index is 1090. The third kappa shape index (κ3) is 4.26. The standard InChI is InChI=1S/C26H31N3O3S/c1-26(25(31)27-19-8-4-2-3-5-9-19)18-28-21(23-11-6-16-32-23)12-13-22(28)24(30)29(26)15-14-20-10-7-17-33-20/h6-7,10-13,16-17,19H,2-5,8-9,14-15,18H2,1H3,(H,27,31). The van der Waals surface area contributed by atoms with Crippen LogP contribution in [-0.2, 0) is 17.8 Å². The average Bonchev–Trinajstić information content (AvgIpc) is 3.54. The Morgan fingerprint density at radius 2 is 1.91 bits per heavy atom. The Balaban J connectivity index is 1.47. The molecule has 5 rings (SSSR count). The second kappa shape index (κ2) is 9.21. The summed E-state index contributed by atoms with van der Waals surface area (Å²) in [5.41, 5.74) is 0.454. The molecule has 2 aliphatic rings. The van der Waals surface area contributed by atoms with Crippen LogP contribution in [0, 0.1) is 0 Å². The van der Waals surface area contributed by atoms with Crippen LogP contribution in [0.25, 0.3) is 11.5 Å². The van der Waals surface area contributed by atoms with Crippen LogP contribution in [0.15, 0.2) is 52.5 Å². The summed E-state index contributed by atoms with van der Waals surface area (Å²) in [6.45, 7) is 2.83. The number of carbonyl (C=O) groups is 2. The SMILES string of the molecule is CC1(C(=O)NC2CCCCCC2)Cn2c(ccc2-c2ccco2)C(=O)N1CCc1cccs1. The first kappa shape index (κ1) is 22.0. The van der Waals surface area contributed by atoms with Crippen molar-refractivity contribution in [2.24, 2.45) is 0 Å². The van der Waals surface area contributed by atoms with E-state index in [1.54, 1.807) is 22.5 Å². The smallest absolute Gasteiger partial charge is 0.271 e.